The average Bonchev–Trinajstić information content (AvgIpc) is 2.72. The molecule has 0 fully saturated rings. The summed E-state index contributed by atoms with van der Waals surface area (Å²) in [7, 11) is 0. The van der Waals surface area contributed by atoms with Crippen molar-refractivity contribution in [1.82, 2.24) is 10.3 Å². The van der Waals surface area contributed by atoms with Crippen LogP contribution < -0.4 is 16.8 Å². The van der Waals surface area contributed by atoms with Crippen LogP contribution in [0.1, 0.15) is 11.1 Å². The van der Waals surface area contributed by atoms with E-state index in [1.807, 2.05) is 48.5 Å². The molecule has 1 heterocycles. The molecular weight excluding hydrogens is 419 g/mol. The summed E-state index contributed by atoms with van der Waals surface area (Å²) in [5, 5.41) is 7.13. The van der Waals surface area contributed by atoms with E-state index in [2.05, 4.69) is 28.5 Å². The number of carbonyl (C=O) groups is 1. The lowest BCUT2D eigenvalue weighted by atomic mass is 9.99. The van der Waals surface area contributed by atoms with Crippen molar-refractivity contribution in [3.63, 3.8) is 0 Å². The van der Waals surface area contributed by atoms with Crippen molar-refractivity contribution in [2.45, 2.75) is 19.0 Å². The minimum absolute atomic E-state index is 0. The second-order valence-electron chi connectivity index (χ2n) is 6.92. The number of nitrogens with two attached hydrogens (primary N) is 2. The van der Waals surface area contributed by atoms with Gasteiger partial charge in [0.05, 0.1) is 6.04 Å². The number of halogens is 2. The van der Waals surface area contributed by atoms with E-state index in [9.17, 15) is 4.79 Å². The zero-order valence-electron chi connectivity index (χ0n) is 16.2. The second-order valence-corrected chi connectivity index (χ2v) is 6.92. The third-order valence-electron chi connectivity index (χ3n) is 4.98. The molecule has 0 aliphatic carbocycles. The molecule has 0 spiro atoms. The summed E-state index contributed by atoms with van der Waals surface area (Å²) >= 11 is 0. The standard InChI is InChI=1S/C23H22N4O.2ClH/c24-21(13-17-6-3-5-16-4-1-2-7-19(16)17)23(28)27-14-15-8-9-20-18(12-15)10-11-26-22(20)25;;/h1-12,21H,13-14,24H2,(H2,25,26)(H,27,28);2*1H. The number of carbonyl (C=O) groups excluding carboxylic acids is 1. The highest BCUT2D eigenvalue weighted by molar-refractivity contribution is 5.91. The molecule has 0 saturated carbocycles. The Morgan fingerprint density at radius 2 is 1.70 bits per heavy atom. The highest BCUT2D eigenvalue weighted by atomic mass is 35.5. The van der Waals surface area contributed by atoms with Gasteiger partial charge < -0.3 is 16.8 Å². The number of nitrogens with zero attached hydrogens (tertiary/aromatic N) is 1. The molecule has 1 atom stereocenters. The van der Waals surface area contributed by atoms with Crippen LogP contribution in [0.5, 0.6) is 0 Å². The van der Waals surface area contributed by atoms with E-state index in [-0.39, 0.29) is 30.7 Å². The Balaban J connectivity index is 0.00000160. The number of benzene rings is 3. The maximum atomic E-state index is 12.5. The molecule has 156 valence electrons. The van der Waals surface area contributed by atoms with E-state index >= 15 is 0 Å². The van der Waals surface area contributed by atoms with Crippen LogP contribution in [-0.4, -0.2) is 16.9 Å². The number of nitrogen functional groups attached to an aromatic ring is 1. The van der Waals surface area contributed by atoms with Gasteiger partial charge in [-0.3, -0.25) is 4.79 Å². The van der Waals surface area contributed by atoms with Crippen LogP contribution in [0.25, 0.3) is 21.5 Å². The van der Waals surface area contributed by atoms with Crippen molar-refractivity contribution in [3.8, 4) is 0 Å². The maximum absolute atomic E-state index is 12.5. The van der Waals surface area contributed by atoms with Crippen LogP contribution in [0.3, 0.4) is 0 Å². The summed E-state index contributed by atoms with van der Waals surface area (Å²) in [5.41, 5.74) is 14.1. The van der Waals surface area contributed by atoms with Gasteiger partial charge in [0.1, 0.15) is 5.82 Å². The normalized spacial score (nSPS) is 11.4. The zero-order valence-corrected chi connectivity index (χ0v) is 17.9. The van der Waals surface area contributed by atoms with E-state index in [1.165, 1.54) is 0 Å². The first-order valence-electron chi connectivity index (χ1n) is 9.25. The van der Waals surface area contributed by atoms with Crippen molar-refractivity contribution >= 4 is 58.1 Å². The molecule has 0 radical (unpaired) electrons. The summed E-state index contributed by atoms with van der Waals surface area (Å²) < 4.78 is 0. The van der Waals surface area contributed by atoms with Gasteiger partial charge in [-0.1, -0.05) is 54.6 Å². The van der Waals surface area contributed by atoms with E-state index in [0.29, 0.717) is 18.8 Å². The van der Waals surface area contributed by atoms with Gasteiger partial charge in [-0.15, -0.1) is 24.8 Å². The molecule has 0 bridgehead atoms. The zero-order chi connectivity index (χ0) is 19.5. The van der Waals surface area contributed by atoms with E-state index in [1.54, 1.807) is 6.20 Å². The lowest BCUT2D eigenvalue weighted by Gasteiger charge is -2.14. The second kappa shape index (κ2) is 10.3. The molecule has 0 saturated heterocycles. The van der Waals surface area contributed by atoms with Crippen molar-refractivity contribution in [1.29, 1.82) is 0 Å². The largest absolute Gasteiger partial charge is 0.383 e. The van der Waals surface area contributed by atoms with Crippen LogP contribution >= 0.6 is 24.8 Å². The van der Waals surface area contributed by atoms with Crippen LogP contribution in [0.4, 0.5) is 5.82 Å². The number of anilines is 1. The molecule has 4 aromatic rings. The topological polar surface area (TPSA) is 94.0 Å². The molecule has 1 unspecified atom stereocenters. The summed E-state index contributed by atoms with van der Waals surface area (Å²) in [5.74, 6) is 0.340. The SMILES string of the molecule is Cl.Cl.Nc1nccc2cc(CNC(=O)C(N)Cc3cccc4ccccc34)ccc12. The molecule has 5 nitrogen and oxygen atoms in total. The smallest absolute Gasteiger partial charge is 0.237 e. The minimum atomic E-state index is -0.605. The lowest BCUT2D eigenvalue weighted by Crippen LogP contribution is -2.41. The Hall–Kier alpha value is -2.86. The number of aromatic nitrogens is 1. The predicted molar refractivity (Wildman–Crippen MR) is 128 cm³/mol. The fraction of sp³-hybridized carbons (Fsp3) is 0.130. The quantitative estimate of drug-likeness (QED) is 0.435. The van der Waals surface area contributed by atoms with Gasteiger partial charge in [-0.05, 0) is 45.8 Å². The summed E-state index contributed by atoms with van der Waals surface area (Å²) in [6, 6.07) is 21.4. The Labute approximate surface area is 187 Å². The Morgan fingerprint density at radius 3 is 2.53 bits per heavy atom. The van der Waals surface area contributed by atoms with Crippen LogP contribution in [-0.2, 0) is 17.8 Å². The number of pyridine rings is 1. The van der Waals surface area contributed by atoms with Gasteiger partial charge in [0.2, 0.25) is 5.91 Å². The lowest BCUT2D eigenvalue weighted by molar-refractivity contribution is -0.122. The van der Waals surface area contributed by atoms with Crippen molar-refractivity contribution < 1.29 is 4.79 Å². The van der Waals surface area contributed by atoms with E-state index in [4.69, 9.17) is 11.5 Å². The summed E-state index contributed by atoms with van der Waals surface area (Å²) in [6.45, 7) is 0.417. The molecule has 0 aliphatic rings. The van der Waals surface area contributed by atoms with Gasteiger partial charge in [0, 0.05) is 18.1 Å². The van der Waals surface area contributed by atoms with E-state index in [0.717, 1.165) is 32.7 Å². The van der Waals surface area contributed by atoms with Gasteiger partial charge in [-0.2, -0.15) is 0 Å². The Bertz CT molecular complexity index is 1160. The highest BCUT2D eigenvalue weighted by Gasteiger charge is 2.15. The van der Waals surface area contributed by atoms with Crippen molar-refractivity contribution in [2.24, 2.45) is 5.73 Å². The molecule has 7 heteroatoms. The molecule has 0 aliphatic heterocycles. The van der Waals surface area contributed by atoms with Crippen LogP contribution in [0, 0.1) is 0 Å². The molecule has 30 heavy (non-hydrogen) atoms. The van der Waals surface area contributed by atoms with Gasteiger partial charge in [0.15, 0.2) is 0 Å². The molecule has 5 N–H and O–H groups in total. The number of amides is 1. The first kappa shape index (κ1) is 23.4. The first-order chi connectivity index (χ1) is 13.6. The molecule has 4 rings (SSSR count). The summed E-state index contributed by atoms with van der Waals surface area (Å²) in [6.07, 6.45) is 2.17. The third-order valence-corrected chi connectivity index (χ3v) is 4.98. The summed E-state index contributed by atoms with van der Waals surface area (Å²) in [4.78, 5) is 16.6. The molecule has 3 aromatic carbocycles. The fourth-order valence-corrected chi connectivity index (χ4v) is 3.48. The predicted octanol–water partition coefficient (Wildman–Crippen LogP) is 4.00. The number of nitrogens with one attached hydrogen (secondary N) is 1. The number of fused-ring (bicyclic) bond motifs is 2. The molecular formula is C23H24Cl2N4O. The highest BCUT2D eigenvalue weighted by Crippen LogP contribution is 2.21. The maximum Gasteiger partial charge on any atom is 0.237 e. The number of hydrogen-bond acceptors (Lipinski definition) is 4. The molecule has 1 aromatic heterocycles. The van der Waals surface area contributed by atoms with E-state index < -0.39 is 6.04 Å². The Kier molecular flexibility index (Phi) is 8.00. The van der Waals surface area contributed by atoms with Crippen LogP contribution in [0.15, 0.2) is 72.9 Å². The van der Waals surface area contributed by atoms with Gasteiger partial charge in [-0.25, -0.2) is 4.98 Å². The van der Waals surface area contributed by atoms with Crippen molar-refractivity contribution in [2.75, 3.05) is 5.73 Å². The average molecular weight is 443 g/mol. The van der Waals surface area contributed by atoms with Gasteiger partial charge in [0.25, 0.3) is 0 Å². The molecule has 1 amide bonds. The number of rotatable bonds is 5. The number of hydrogen-bond donors (Lipinski definition) is 3. The third kappa shape index (κ3) is 5.00. The minimum Gasteiger partial charge on any atom is -0.383 e. The van der Waals surface area contributed by atoms with Crippen molar-refractivity contribution in [3.05, 3.63) is 84.1 Å². The Morgan fingerprint density at radius 1 is 0.933 bits per heavy atom. The van der Waals surface area contributed by atoms with Gasteiger partial charge >= 0.3 is 0 Å². The fourth-order valence-electron chi connectivity index (χ4n) is 3.48. The monoisotopic (exact) mass is 442 g/mol. The van der Waals surface area contributed by atoms with Crippen LogP contribution in [0.2, 0.25) is 0 Å². The first-order valence-corrected chi connectivity index (χ1v) is 9.25.